The summed E-state index contributed by atoms with van der Waals surface area (Å²) in [6, 6.07) is 7.64. The fourth-order valence-corrected chi connectivity index (χ4v) is 3.28. The number of carbonyl (C=O) groups is 1. The first-order chi connectivity index (χ1) is 13.1. The van der Waals surface area contributed by atoms with Crippen molar-refractivity contribution < 1.29 is 4.79 Å². The molecule has 0 aromatic carbocycles. The summed E-state index contributed by atoms with van der Waals surface area (Å²) < 4.78 is 1.70. The molecule has 0 spiro atoms. The molecule has 0 saturated carbocycles. The summed E-state index contributed by atoms with van der Waals surface area (Å²) in [6.45, 7) is 1.57. The van der Waals surface area contributed by atoms with Crippen LogP contribution < -0.4 is 16.0 Å². The van der Waals surface area contributed by atoms with Gasteiger partial charge in [-0.2, -0.15) is 5.10 Å². The molecule has 0 aliphatic carbocycles. The molecule has 1 aliphatic heterocycles. The number of hydrogen-bond acceptors (Lipinski definition) is 6. The van der Waals surface area contributed by atoms with Crippen LogP contribution in [0.1, 0.15) is 16.8 Å². The van der Waals surface area contributed by atoms with Crippen molar-refractivity contribution in [2.45, 2.75) is 12.5 Å². The van der Waals surface area contributed by atoms with Crippen molar-refractivity contribution in [2.24, 2.45) is 7.05 Å². The highest BCUT2D eigenvalue weighted by atomic mass is 16.1. The fraction of sp³-hybridized carbons (Fsp3) is 0.263. The van der Waals surface area contributed by atoms with Crippen LogP contribution in [-0.4, -0.2) is 44.8 Å². The average Bonchev–Trinajstić information content (AvgIpc) is 3.32. The molecule has 3 N–H and O–H groups in total. The van der Waals surface area contributed by atoms with E-state index < -0.39 is 0 Å². The van der Waals surface area contributed by atoms with Gasteiger partial charge in [-0.25, -0.2) is 9.97 Å². The van der Waals surface area contributed by atoms with Crippen LogP contribution in [0, 0.1) is 0 Å². The Bertz CT molecular complexity index is 954. The largest absolute Gasteiger partial charge is 0.383 e. The van der Waals surface area contributed by atoms with E-state index in [4.69, 9.17) is 5.73 Å². The Kier molecular flexibility index (Phi) is 4.45. The van der Waals surface area contributed by atoms with Crippen molar-refractivity contribution in [3.63, 3.8) is 0 Å². The number of nitrogens with two attached hydrogens (primary N) is 1. The second-order valence-electron chi connectivity index (χ2n) is 6.65. The summed E-state index contributed by atoms with van der Waals surface area (Å²) in [4.78, 5) is 23.5. The van der Waals surface area contributed by atoms with E-state index in [0.717, 1.165) is 36.5 Å². The van der Waals surface area contributed by atoms with E-state index in [2.05, 4.69) is 25.3 Å². The van der Waals surface area contributed by atoms with Gasteiger partial charge in [-0.1, -0.05) is 6.07 Å². The molecule has 1 atom stereocenters. The van der Waals surface area contributed by atoms with E-state index in [1.165, 1.54) is 0 Å². The summed E-state index contributed by atoms with van der Waals surface area (Å²) in [5.74, 6) is 0.937. The molecule has 4 heterocycles. The number of pyridine rings is 2. The monoisotopic (exact) mass is 363 g/mol. The molecular formula is C19H21N7O. The minimum absolute atomic E-state index is 0.0426. The SMILES string of the molecule is Cn1cc(-c2cnc(N)c(C(=O)N[C@@H]3CCN(c4ccccn4)C3)c2)cn1. The predicted octanol–water partition coefficient (Wildman–Crippen LogP) is 1.47. The second-order valence-corrected chi connectivity index (χ2v) is 6.65. The maximum absolute atomic E-state index is 12.8. The van der Waals surface area contributed by atoms with Crippen molar-refractivity contribution >= 4 is 17.5 Å². The highest BCUT2D eigenvalue weighted by Crippen LogP contribution is 2.22. The van der Waals surface area contributed by atoms with Gasteiger partial charge in [0.05, 0.1) is 11.8 Å². The Morgan fingerprint density at radius 1 is 1.26 bits per heavy atom. The molecule has 1 fully saturated rings. The fourth-order valence-electron chi connectivity index (χ4n) is 3.28. The highest BCUT2D eigenvalue weighted by Gasteiger charge is 2.26. The molecule has 138 valence electrons. The summed E-state index contributed by atoms with van der Waals surface area (Å²) in [5, 5.41) is 7.23. The van der Waals surface area contributed by atoms with Gasteiger partial charge in [-0.3, -0.25) is 9.48 Å². The van der Waals surface area contributed by atoms with Crippen molar-refractivity contribution in [2.75, 3.05) is 23.7 Å². The quantitative estimate of drug-likeness (QED) is 0.728. The van der Waals surface area contributed by atoms with Gasteiger partial charge >= 0.3 is 0 Å². The molecule has 3 aromatic heterocycles. The molecule has 8 nitrogen and oxygen atoms in total. The van der Waals surface area contributed by atoms with Crippen LogP contribution in [-0.2, 0) is 7.05 Å². The van der Waals surface area contributed by atoms with E-state index in [9.17, 15) is 4.79 Å². The number of nitrogen functional groups attached to an aromatic ring is 1. The first-order valence-electron chi connectivity index (χ1n) is 8.81. The van der Waals surface area contributed by atoms with Gasteiger partial charge in [0, 0.05) is 55.9 Å². The minimum atomic E-state index is -0.210. The maximum atomic E-state index is 12.8. The lowest BCUT2D eigenvalue weighted by Gasteiger charge is -2.18. The Morgan fingerprint density at radius 2 is 2.15 bits per heavy atom. The number of aryl methyl sites for hydroxylation is 1. The zero-order chi connectivity index (χ0) is 18.8. The van der Waals surface area contributed by atoms with E-state index in [1.807, 2.05) is 31.4 Å². The van der Waals surface area contributed by atoms with Gasteiger partial charge in [0.1, 0.15) is 11.6 Å². The van der Waals surface area contributed by atoms with Crippen molar-refractivity contribution in [1.82, 2.24) is 25.1 Å². The maximum Gasteiger partial charge on any atom is 0.255 e. The molecule has 1 saturated heterocycles. The third-order valence-electron chi connectivity index (χ3n) is 4.70. The number of nitrogens with one attached hydrogen (secondary N) is 1. The zero-order valence-corrected chi connectivity index (χ0v) is 15.0. The van der Waals surface area contributed by atoms with Crippen LogP contribution in [0.25, 0.3) is 11.1 Å². The smallest absolute Gasteiger partial charge is 0.255 e. The van der Waals surface area contributed by atoms with Gasteiger partial charge in [0.25, 0.3) is 5.91 Å². The standard InChI is InChI=1S/C19H21N7O/c1-25-11-14(10-23-25)13-8-16(18(20)22-9-13)19(27)24-15-5-7-26(12-15)17-4-2-3-6-21-17/h2-4,6,8-11,15H,5,7,12H2,1H3,(H2,20,22)(H,24,27)/t15-/m1/s1. The Balaban J connectivity index is 1.47. The average molecular weight is 363 g/mol. The van der Waals surface area contributed by atoms with Crippen LogP contribution in [0.5, 0.6) is 0 Å². The number of carbonyl (C=O) groups excluding carboxylic acids is 1. The number of amides is 1. The lowest BCUT2D eigenvalue weighted by Crippen LogP contribution is -2.37. The molecule has 8 heteroatoms. The summed E-state index contributed by atoms with van der Waals surface area (Å²) >= 11 is 0. The molecule has 0 bridgehead atoms. The molecule has 0 unspecified atom stereocenters. The summed E-state index contributed by atoms with van der Waals surface area (Å²) in [6.07, 6.45) is 7.89. The second kappa shape index (κ2) is 7.06. The van der Waals surface area contributed by atoms with E-state index in [1.54, 1.807) is 29.3 Å². The first kappa shape index (κ1) is 17.0. The number of rotatable bonds is 4. The summed E-state index contributed by atoms with van der Waals surface area (Å²) in [7, 11) is 1.84. The molecule has 3 aromatic rings. The molecular weight excluding hydrogens is 342 g/mol. The normalized spacial score (nSPS) is 16.5. The highest BCUT2D eigenvalue weighted by molar-refractivity contribution is 5.99. The van der Waals surface area contributed by atoms with E-state index in [-0.39, 0.29) is 17.8 Å². The van der Waals surface area contributed by atoms with Crippen molar-refractivity contribution in [3.05, 3.63) is 54.6 Å². The Hall–Kier alpha value is -3.42. The topological polar surface area (TPSA) is 102 Å². The number of nitrogens with zero attached hydrogens (tertiary/aromatic N) is 5. The zero-order valence-electron chi connectivity index (χ0n) is 15.0. The van der Waals surface area contributed by atoms with E-state index in [0.29, 0.717) is 5.56 Å². The van der Waals surface area contributed by atoms with Gasteiger partial charge in [0.2, 0.25) is 0 Å². The Labute approximate surface area is 157 Å². The van der Waals surface area contributed by atoms with Crippen LogP contribution in [0.2, 0.25) is 0 Å². The van der Waals surface area contributed by atoms with Crippen LogP contribution in [0.3, 0.4) is 0 Å². The van der Waals surface area contributed by atoms with Crippen LogP contribution in [0.4, 0.5) is 11.6 Å². The minimum Gasteiger partial charge on any atom is -0.383 e. The van der Waals surface area contributed by atoms with Crippen molar-refractivity contribution in [3.8, 4) is 11.1 Å². The lowest BCUT2D eigenvalue weighted by atomic mass is 10.1. The molecule has 0 radical (unpaired) electrons. The van der Waals surface area contributed by atoms with Crippen LogP contribution in [0.15, 0.2) is 49.1 Å². The first-order valence-corrected chi connectivity index (χ1v) is 8.81. The van der Waals surface area contributed by atoms with Crippen molar-refractivity contribution in [1.29, 1.82) is 0 Å². The molecule has 4 rings (SSSR count). The summed E-state index contributed by atoms with van der Waals surface area (Å²) in [5.41, 5.74) is 8.03. The molecule has 27 heavy (non-hydrogen) atoms. The lowest BCUT2D eigenvalue weighted by molar-refractivity contribution is 0.0941. The third-order valence-corrected chi connectivity index (χ3v) is 4.70. The molecule has 1 amide bonds. The van der Waals surface area contributed by atoms with Gasteiger partial charge < -0.3 is 16.0 Å². The number of aromatic nitrogens is 4. The number of hydrogen-bond donors (Lipinski definition) is 2. The Morgan fingerprint density at radius 3 is 2.89 bits per heavy atom. The van der Waals surface area contributed by atoms with Gasteiger partial charge in [0.15, 0.2) is 0 Å². The molecule has 1 aliphatic rings. The van der Waals surface area contributed by atoms with Gasteiger partial charge in [-0.15, -0.1) is 0 Å². The number of anilines is 2. The van der Waals surface area contributed by atoms with E-state index >= 15 is 0 Å². The predicted molar refractivity (Wildman–Crippen MR) is 103 cm³/mol. The third kappa shape index (κ3) is 3.59. The van der Waals surface area contributed by atoms with Gasteiger partial charge in [-0.05, 0) is 24.6 Å². The van der Waals surface area contributed by atoms with Crippen LogP contribution >= 0.6 is 0 Å².